The lowest BCUT2D eigenvalue weighted by Gasteiger charge is -2.22. The number of hydrogen-bond donors (Lipinski definition) is 1. The van der Waals surface area contributed by atoms with Gasteiger partial charge in [0.15, 0.2) is 0 Å². The van der Waals surface area contributed by atoms with Gasteiger partial charge in [-0.05, 0) is 30.3 Å². The molecule has 2 aromatic carbocycles. The van der Waals surface area contributed by atoms with Crippen molar-refractivity contribution in [1.29, 1.82) is 0 Å². The minimum absolute atomic E-state index is 0.0905. The van der Waals surface area contributed by atoms with Crippen LogP contribution in [0.5, 0.6) is 0 Å². The molecule has 8 heteroatoms. The monoisotopic (exact) mass is 387 g/mol. The van der Waals surface area contributed by atoms with Crippen molar-refractivity contribution in [2.45, 2.75) is 6.42 Å². The van der Waals surface area contributed by atoms with Crippen LogP contribution in [0, 0.1) is 5.82 Å². The first-order valence-corrected chi connectivity index (χ1v) is 10.1. The Kier molecular flexibility index (Phi) is 5.36. The summed E-state index contributed by atoms with van der Waals surface area (Å²) < 4.78 is 38.6. The normalized spacial score (nSPS) is 11.3. The number of nitrogens with one attached hydrogen (secondary N) is 1. The molecule has 140 valence electrons. The van der Waals surface area contributed by atoms with Crippen LogP contribution in [0.4, 0.5) is 15.8 Å². The van der Waals surface area contributed by atoms with E-state index in [2.05, 4.69) is 10.3 Å². The van der Waals surface area contributed by atoms with Gasteiger partial charge in [0.05, 0.1) is 23.1 Å². The molecule has 1 heterocycles. The van der Waals surface area contributed by atoms with E-state index in [4.69, 9.17) is 0 Å². The number of carbonyl (C=O) groups is 1. The number of amides is 1. The van der Waals surface area contributed by atoms with Crippen molar-refractivity contribution in [3.8, 4) is 0 Å². The second kappa shape index (κ2) is 7.71. The zero-order valence-corrected chi connectivity index (χ0v) is 15.4. The molecule has 1 N–H and O–H groups in total. The Morgan fingerprint density at radius 1 is 1.15 bits per heavy atom. The molecule has 0 atom stereocenters. The summed E-state index contributed by atoms with van der Waals surface area (Å²) >= 11 is 0. The number of anilines is 2. The van der Waals surface area contributed by atoms with Gasteiger partial charge in [0.1, 0.15) is 5.82 Å². The number of aromatic nitrogens is 1. The Hall–Kier alpha value is -3.00. The summed E-state index contributed by atoms with van der Waals surface area (Å²) in [4.78, 5) is 16.6. The molecule has 0 saturated carbocycles. The van der Waals surface area contributed by atoms with E-state index in [0.717, 1.165) is 22.0 Å². The van der Waals surface area contributed by atoms with Gasteiger partial charge in [-0.25, -0.2) is 12.8 Å². The van der Waals surface area contributed by atoms with Crippen LogP contribution in [0.3, 0.4) is 0 Å². The van der Waals surface area contributed by atoms with Crippen LogP contribution in [0.1, 0.15) is 6.42 Å². The van der Waals surface area contributed by atoms with Crippen molar-refractivity contribution in [3.05, 3.63) is 66.6 Å². The quantitative estimate of drug-likeness (QED) is 0.705. The number of hydrogen-bond acceptors (Lipinski definition) is 4. The SMILES string of the molecule is CS(=O)(=O)N(CCC(=O)Nc1cccc2cccnc12)c1cccc(F)c1. The zero-order chi connectivity index (χ0) is 19.4. The second-order valence-electron chi connectivity index (χ2n) is 5.99. The molecule has 1 amide bonds. The van der Waals surface area contributed by atoms with Crippen molar-refractivity contribution in [2.75, 3.05) is 22.4 Å². The zero-order valence-electron chi connectivity index (χ0n) is 14.6. The number of para-hydroxylation sites is 1. The molecule has 3 aromatic rings. The van der Waals surface area contributed by atoms with Crippen molar-refractivity contribution < 1.29 is 17.6 Å². The first-order chi connectivity index (χ1) is 12.8. The van der Waals surface area contributed by atoms with Crippen LogP contribution >= 0.6 is 0 Å². The van der Waals surface area contributed by atoms with Gasteiger partial charge in [0, 0.05) is 24.5 Å². The lowest BCUT2D eigenvalue weighted by Crippen LogP contribution is -2.33. The number of rotatable bonds is 6. The minimum atomic E-state index is -3.66. The van der Waals surface area contributed by atoms with Gasteiger partial charge in [-0.3, -0.25) is 14.1 Å². The minimum Gasteiger partial charge on any atom is -0.324 e. The Labute approximate surface area is 156 Å². The van der Waals surface area contributed by atoms with Crippen LogP contribution in [-0.2, 0) is 14.8 Å². The molecule has 0 aliphatic carbocycles. The number of sulfonamides is 1. The molecule has 1 aromatic heterocycles. The summed E-state index contributed by atoms with van der Waals surface area (Å²) in [5.41, 5.74) is 1.38. The molecule has 0 spiro atoms. The van der Waals surface area contributed by atoms with Crippen LogP contribution in [0.15, 0.2) is 60.8 Å². The second-order valence-corrected chi connectivity index (χ2v) is 7.90. The molecule has 0 fully saturated rings. The molecule has 0 aliphatic heterocycles. The van der Waals surface area contributed by atoms with Crippen LogP contribution in [-0.4, -0.2) is 32.1 Å². The number of halogens is 1. The standard InChI is InChI=1S/C19H18FN3O3S/c1-27(25,26)23(16-8-3-7-15(20)13-16)12-10-18(24)22-17-9-2-5-14-6-4-11-21-19(14)17/h2-9,11,13H,10,12H2,1H3,(H,22,24). The third kappa shape index (κ3) is 4.59. The third-order valence-corrected chi connectivity index (χ3v) is 5.14. The van der Waals surface area contributed by atoms with Crippen molar-refractivity contribution in [2.24, 2.45) is 0 Å². The smallest absolute Gasteiger partial charge is 0.232 e. The Morgan fingerprint density at radius 3 is 2.63 bits per heavy atom. The largest absolute Gasteiger partial charge is 0.324 e. The molecule has 0 saturated heterocycles. The Bertz CT molecular complexity index is 1080. The fourth-order valence-corrected chi connectivity index (χ4v) is 3.66. The highest BCUT2D eigenvalue weighted by Gasteiger charge is 2.19. The van der Waals surface area contributed by atoms with E-state index in [1.807, 2.05) is 12.1 Å². The lowest BCUT2D eigenvalue weighted by molar-refractivity contribution is -0.116. The highest BCUT2D eigenvalue weighted by Crippen LogP contribution is 2.22. The summed E-state index contributed by atoms with van der Waals surface area (Å²) in [6, 6.07) is 14.3. The van der Waals surface area contributed by atoms with E-state index in [1.54, 1.807) is 24.4 Å². The summed E-state index contributed by atoms with van der Waals surface area (Å²) in [7, 11) is -3.66. The number of fused-ring (bicyclic) bond motifs is 1. The van der Waals surface area contributed by atoms with Crippen molar-refractivity contribution >= 4 is 38.2 Å². The van der Waals surface area contributed by atoms with Gasteiger partial charge >= 0.3 is 0 Å². The molecule has 3 rings (SSSR count). The summed E-state index contributed by atoms with van der Waals surface area (Å²) in [5, 5.41) is 3.64. The first-order valence-electron chi connectivity index (χ1n) is 8.21. The molecular weight excluding hydrogens is 369 g/mol. The van der Waals surface area contributed by atoms with Gasteiger partial charge in [0.2, 0.25) is 15.9 Å². The molecular formula is C19H18FN3O3S. The van der Waals surface area contributed by atoms with Gasteiger partial charge in [-0.15, -0.1) is 0 Å². The number of benzene rings is 2. The third-order valence-electron chi connectivity index (χ3n) is 3.95. The summed E-state index contributed by atoms with van der Waals surface area (Å²) in [6.07, 6.45) is 2.56. The van der Waals surface area contributed by atoms with Gasteiger partial charge in [-0.2, -0.15) is 0 Å². The van der Waals surface area contributed by atoms with E-state index in [0.29, 0.717) is 11.2 Å². The molecule has 0 radical (unpaired) electrons. The highest BCUT2D eigenvalue weighted by molar-refractivity contribution is 7.92. The van der Waals surface area contributed by atoms with Gasteiger partial charge < -0.3 is 5.32 Å². The van der Waals surface area contributed by atoms with Crippen molar-refractivity contribution in [3.63, 3.8) is 0 Å². The lowest BCUT2D eigenvalue weighted by atomic mass is 10.2. The fraction of sp³-hybridized carbons (Fsp3) is 0.158. The number of carbonyl (C=O) groups excluding carboxylic acids is 1. The van der Waals surface area contributed by atoms with E-state index in [1.165, 1.54) is 18.2 Å². The molecule has 0 bridgehead atoms. The summed E-state index contributed by atoms with van der Waals surface area (Å²) in [5.74, 6) is -0.911. The molecule has 6 nitrogen and oxygen atoms in total. The highest BCUT2D eigenvalue weighted by atomic mass is 32.2. The van der Waals surface area contributed by atoms with E-state index in [9.17, 15) is 17.6 Å². The van der Waals surface area contributed by atoms with Crippen LogP contribution in [0.25, 0.3) is 10.9 Å². The average Bonchev–Trinajstić information content (AvgIpc) is 2.61. The predicted octanol–water partition coefficient (Wildman–Crippen LogP) is 3.17. The number of pyridine rings is 1. The van der Waals surface area contributed by atoms with Crippen LogP contribution in [0.2, 0.25) is 0 Å². The number of nitrogens with zero attached hydrogens (tertiary/aromatic N) is 2. The first kappa shape index (κ1) is 18.8. The van der Waals surface area contributed by atoms with E-state index in [-0.39, 0.29) is 24.6 Å². The maximum absolute atomic E-state index is 13.4. The van der Waals surface area contributed by atoms with Gasteiger partial charge in [0.25, 0.3) is 0 Å². The topological polar surface area (TPSA) is 79.4 Å². The van der Waals surface area contributed by atoms with E-state index < -0.39 is 15.8 Å². The summed E-state index contributed by atoms with van der Waals surface area (Å²) in [6.45, 7) is -0.105. The average molecular weight is 387 g/mol. The Balaban J connectivity index is 1.75. The van der Waals surface area contributed by atoms with Gasteiger partial charge in [-0.1, -0.05) is 24.3 Å². The molecule has 0 unspecified atom stereocenters. The maximum Gasteiger partial charge on any atom is 0.232 e. The fourth-order valence-electron chi connectivity index (χ4n) is 2.74. The predicted molar refractivity (Wildman–Crippen MR) is 104 cm³/mol. The van der Waals surface area contributed by atoms with Crippen molar-refractivity contribution in [1.82, 2.24) is 4.98 Å². The maximum atomic E-state index is 13.4. The molecule has 0 aliphatic rings. The Morgan fingerprint density at radius 2 is 1.89 bits per heavy atom. The molecule has 27 heavy (non-hydrogen) atoms. The van der Waals surface area contributed by atoms with E-state index >= 15 is 0 Å². The van der Waals surface area contributed by atoms with Crippen LogP contribution < -0.4 is 9.62 Å².